The maximum Gasteiger partial charge on any atom is 0.573 e. The van der Waals surface area contributed by atoms with E-state index in [0.717, 1.165) is 17.4 Å². The number of carbonyl (C=O) groups excluding carboxylic acids is 1. The standard InChI is InChI=1S/C27H32ClF3N3O8PS2/c1-25(2,3)41-43(36,42-26(4,5)6)39-17-34-13-14-44-24(34)33-45(37,38)20-10-8-19(9-11-20)23(35)32-16-18-7-12-22(21(28)15-18)40-27(29,30)31/h7-15H,16-17H2,1-6H3,(H,32,35). The molecule has 0 fully saturated rings. The minimum Gasteiger partial charge on any atom is -0.404 e. The fraction of sp³-hybridized carbons (Fsp3) is 0.407. The third kappa shape index (κ3) is 11.9. The van der Waals surface area contributed by atoms with E-state index in [1.54, 1.807) is 46.9 Å². The molecule has 1 N–H and O–H groups in total. The van der Waals surface area contributed by atoms with Crippen LogP contribution in [0.3, 0.4) is 0 Å². The van der Waals surface area contributed by atoms with E-state index in [4.69, 9.17) is 25.2 Å². The second-order valence-electron chi connectivity index (χ2n) is 11.4. The normalized spacial score (nSPS) is 13.6. The highest BCUT2D eigenvalue weighted by molar-refractivity contribution is 7.90. The Balaban J connectivity index is 1.70. The third-order valence-electron chi connectivity index (χ3n) is 5.07. The summed E-state index contributed by atoms with van der Waals surface area (Å²) < 4.78 is 102. The Kier molecular flexibility index (Phi) is 11.4. The molecule has 0 aliphatic carbocycles. The van der Waals surface area contributed by atoms with E-state index in [-0.39, 0.29) is 33.6 Å². The number of benzene rings is 2. The Morgan fingerprint density at radius 3 is 2.16 bits per heavy atom. The fourth-order valence-electron chi connectivity index (χ4n) is 3.42. The number of halogens is 4. The lowest BCUT2D eigenvalue weighted by atomic mass is 10.2. The number of carbonyl (C=O) groups is 1. The van der Waals surface area contributed by atoms with Crippen LogP contribution in [0.25, 0.3) is 0 Å². The summed E-state index contributed by atoms with van der Waals surface area (Å²) >= 11 is 6.83. The number of rotatable bonds is 11. The summed E-state index contributed by atoms with van der Waals surface area (Å²) in [5.41, 5.74) is -1.21. The van der Waals surface area contributed by atoms with E-state index in [0.29, 0.717) is 5.56 Å². The van der Waals surface area contributed by atoms with E-state index in [1.165, 1.54) is 47.2 Å². The largest absolute Gasteiger partial charge is 0.573 e. The van der Waals surface area contributed by atoms with Crippen LogP contribution in [0.5, 0.6) is 5.75 Å². The Morgan fingerprint density at radius 1 is 1.02 bits per heavy atom. The first kappa shape index (κ1) is 36.7. The van der Waals surface area contributed by atoms with Crippen LogP contribution in [0.4, 0.5) is 13.2 Å². The van der Waals surface area contributed by atoms with Crippen LogP contribution in [-0.2, 0) is 41.4 Å². The van der Waals surface area contributed by atoms with Crippen LogP contribution < -0.4 is 14.9 Å². The number of aromatic nitrogens is 1. The number of alkyl halides is 3. The van der Waals surface area contributed by atoms with E-state index in [9.17, 15) is 30.9 Å². The number of sulfonamides is 1. The van der Waals surface area contributed by atoms with Crippen molar-refractivity contribution in [1.29, 1.82) is 0 Å². The van der Waals surface area contributed by atoms with Crippen molar-refractivity contribution in [2.24, 2.45) is 4.40 Å². The van der Waals surface area contributed by atoms with Gasteiger partial charge in [0, 0.05) is 23.7 Å². The lowest BCUT2D eigenvalue weighted by Crippen LogP contribution is -2.26. The average molecular weight is 714 g/mol. The summed E-state index contributed by atoms with van der Waals surface area (Å²) in [6.07, 6.45) is -3.41. The molecule has 0 aliphatic heterocycles. The molecule has 0 atom stereocenters. The molecule has 2 aromatic carbocycles. The molecule has 1 heterocycles. The van der Waals surface area contributed by atoms with Crippen molar-refractivity contribution in [3.63, 3.8) is 0 Å². The predicted octanol–water partition coefficient (Wildman–Crippen LogP) is 7.03. The molecular formula is C27H32ClF3N3O8PS2. The maximum atomic E-state index is 13.3. The van der Waals surface area contributed by atoms with Crippen molar-refractivity contribution >= 4 is 46.7 Å². The lowest BCUT2D eigenvalue weighted by molar-refractivity contribution is -0.274. The van der Waals surface area contributed by atoms with E-state index in [2.05, 4.69) is 14.5 Å². The predicted molar refractivity (Wildman–Crippen MR) is 161 cm³/mol. The van der Waals surface area contributed by atoms with Gasteiger partial charge in [0.15, 0.2) is 0 Å². The first-order valence-corrected chi connectivity index (χ1v) is 17.2. The molecular weight excluding hydrogens is 682 g/mol. The van der Waals surface area contributed by atoms with E-state index in [1.807, 2.05) is 0 Å². The minimum atomic E-state index is -4.90. The van der Waals surface area contributed by atoms with Crippen molar-refractivity contribution in [2.75, 3.05) is 0 Å². The summed E-state index contributed by atoms with van der Waals surface area (Å²) in [4.78, 5) is 12.4. The molecule has 0 bridgehead atoms. The van der Waals surface area contributed by atoms with E-state index >= 15 is 0 Å². The number of hydrogen-bond acceptors (Lipinski definition) is 9. The van der Waals surface area contributed by atoms with Crippen LogP contribution in [0, 0.1) is 0 Å². The monoisotopic (exact) mass is 713 g/mol. The quantitative estimate of drug-likeness (QED) is 0.209. The van der Waals surface area contributed by atoms with Gasteiger partial charge in [-0.1, -0.05) is 17.7 Å². The van der Waals surface area contributed by atoms with Gasteiger partial charge in [-0.3, -0.25) is 22.9 Å². The molecule has 18 heteroatoms. The van der Waals surface area contributed by atoms with Crippen LogP contribution in [0.2, 0.25) is 5.02 Å². The molecule has 3 aromatic rings. The van der Waals surface area contributed by atoms with Gasteiger partial charge >= 0.3 is 14.2 Å². The van der Waals surface area contributed by atoms with Gasteiger partial charge in [0.1, 0.15) is 12.5 Å². The first-order chi connectivity index (χ1) is 20.5. The van der Waals surface area contributed by atoms with Crippen molar-refractivity contribution in [3.05, 3.63) is 75.0 Å². The average Bonchev–Trinajstić information content (AvgIpc) is 3.31. The summed E-state index contributed by atoms with van der Waals surface area (Å²) in [5.74, 6) is -1.15. The van der Waals surface area contributed by atoms with Crippen molar-refractivity contribution in [2.45, 2.75) is 77.3 Å². The summed E-state index contributed by atoms with van der Waals surface area (Å²) in [6, 6.07) is 8.51. The molecule has 0 radical (unpaired) electrons. The molecule has 45 heavy (non-hydrogen) atoms. The molecule has 0 saturated heterocycles. The van der Waals surface area contributed by atoms with Crippen molar-refractivity contribution < 1.29 is 49.3 Å². The lowest BCUT2D eigenvalue weighted by Gasteiger charge is -2.30. The van der Waals surface area contributed by atoms with Gasteiger partial charge in [0.25, 0.3) is 15.9 Å². The van der Waals surface area contributed by atoms with Gasteiger partial charge in [-0.15, -0.1) is 28.9 Å². The molecule has 1 amide bonds. The van der Waals surface area contributed by atoms with Gasteiger partial charge in [0.2, 0.25) is 4.80 Å². The molecule has 0 spiro atoms. The Hall–Kier alpha value is -2.72. The van der Waals surface area contributed by atoms with Crippen LogP contribution >= 0.6 is 30.8 Å². The van der Waals surface area contributed by atoms with Gasteiger partial charge < -0.3 is 10.1 Å². The van der Waals surface area contributed by atoms with Gasteiger partial charge in [0.05, 0.1) is 21.1 Å². The number of phosphoric ester groups is 1. The second-order valence-corrected chi connectivity index (χ2v) is 15.8. The van der Waals surface area contributed by atoms with Crippen molar-refractivity contribution in [1.82, 2.24) is 9.88 Å². The molecule has 0 saturated carbocycles. The molecule has 0 aliphatic rings. The molecule has 1 aromatic heterocycles. The number of phosphoric acid groups is 1. The zero-order valence-electron chi connectivity index (χ0n) is 25.0. The first-order valence-electron chi connectivity index (χ1n) is 13.1. The van der Waals surface area contributed by atoms with Crippen LogP contribution in [0.1, 0.15) is 57.5 Å². The zero-order chi connectivity index (χ0) is 33.8. The fourth-order valence-corrected chi connectivity index (χ4v) is 7.36. The third-order valence-corrected chi connectivity index (χ3v) is 9.53. The molecule has 11 nitrogen and oxygen atoms in total. The topological polar surface area (TPSA) is 135 Å². The number of amides is 1. The number of nitrogens with one attached hydrogen (secondary N) is 1. The summed E-state index contributed by atoms with van der Waals surface area (Å²) in [7, 11) is -8.33. The highest BCUT2D eigenvalue weighted by Gasteiger charge is 2.37. The summed E-state index contributed by atoms with van der Waals surface area (Å²) in [6.45, 7) is 9.65. The Bertz CT molecular complexity index is 1710. The molecule has 248 valence electrons. The van der Waals surface area contributed by atoms with Gasteiger partial charge in [-0.25, -0.2) is 4.57 Å². The minimum absolute atomic E-state index is 0.0141. The number of ether oxygens (including phenoxy) is 1. The SMILES string of the molecule is CC(C)(C)OP(=O)(OCn1ccsc1=NS(=O)(=O)c1ccc(C(=O)NCc2ccc(OC(F)(F)F)c(Cl)c2)cc1)OC(C)(C)C. The smallest absolute Gasteiger partial charge is 0.404 e. The second kappa shape index (κ2) is 14.0. The van der Waals surface area contributed by atoms with Crippen LogP contribution in [0.15, 0.2) is 63.3 Å². The highest BCUT2D eigenvalue weighted by atomic mass is 35.5. The molecule has 0 unspecified atom stereocenters. The van der Waals surface area contributed by atoms with Crippen molar-refractivity contribution in [3.8, 4) is 5.75 Å². The molecule has 3 rings (SSSR count). The zero-order valence-corrected chi connectivity index (χ0v) is 28.3. The van der Waals surface area contributed by atoms with Gasteiger partial charge in [-0.05, 0) is 83.5 Å². The number of hydrogen-bond donors (Lipinski definition) is 1. The number of nitrogens with zero attached hydrogens (tertiary/aromatic N) is 2. The number of thiazole rings is 1. The highest BCUT2D eigenvalue weighted by Crippen LogP contribution is 2.55. The Morgan fingerprint density at radius 2 is 1.62 bits per heavy atom. The van der Waals surface area contributed by atoms with Gasteiger partial charge in [-0.2, -0.15) is 8.42 Å². The van der Waals surface area contributed by atoms with Crippen LogP contribution in [-0.4, -0.2) is 36.5 Å². The maximum absolute atomic E-state index is 13.3. The van der Waals surface area contributed by atoms with E-state index < -0.39 is 47.1 Å². The Labute approximate surface area is 267 Å². The summed E-state index contributed by atoms with van der Waals surface area (Å²) in [5, 5.41) is 3.85.